The summed E-state index contributed by atoms with van der Waals surface area (Å²) in [6.45, 7) is 5.89. The Kier molecular flexibility index (Phi) is 5.87. The second-order valence-corrected chi connectivity index (χ2v) is 6.01. The molecule has 0 saturated carbocycles. The summed E-state index contributed by atoms with van der Waals surface area (Å²) in [6, 6.07) is 4.75. The molecule has 0 aliphatic carbocycles. The molecule has 0 saturated heterocycles. The van der Waals surface area contributed by atoms with Crippen LogP contribution in [0.4, 0.5) is 5.69 Å². The van der Waals surface area contributed by atoms with E-state index in [0.29, 0.717) is 17.8 Å². The first kappa shape index (κ1) is 16.4. The van der Waals surface area contributed by atoms with Gasteiger partial charge in [-0.05, 0) is 31.7 Å². The van der Waals surface area contributed by atoms with Crippen LogP contribution in [-0.2, 0) is 14.8 Å². The third-order valence-electron chi connectivity index (χ3n) is 2.60. The van der Waals surface area contributed by atoms with E-state index in [4.69, 9.17) is 0 Å². The summed E-state index contributed by atoms with van der Waals surface area (Å²) >= 11 is 0. The monoisotopic (exact) mass is 297 g/mol. The Bertz CT molecular complexity index is 597. The lowest BCUT2D eigenvalue weighted by atomic mass is 10.2. The highest BCUT2D eigenvalue weighted by Crippen LogP contribution is 2.19. The molecule has 0 unspecified atom stereocenters. The summed E-state index contributed by atoms with van der Waals surface area (Å²) in [5.41, 5.74) is 1.05. The lowest BCUT2D eigenvalue weighted by Gasteiger charge is -2.10. The Morgan fingerprint density at radius 2 is 2.10 bits per heavy atom. The summed E-state index contributed by atoms with van der Waals surface area (Å²) in [7, 11) is -2.19. The van der Waals surface area contributed by atoms with Crippen molar-refractivity contribution in [3.8, 4) is 0 Å². The summed E-state index contributed by atoms with van der Waals surface area (Å²) in [6.07, 6.45) is 1.65. The largest absolute Gasteiger partial charge is 0.325 e. The van der Waals surface area contributed by atoms with Crippen LogP contribution in [0.15, 0.2) is 35.7 Å². The molecule has 0 bridgehead atoms. The Morgan fingerprint density at radius 1 is 1.40 bits per heavy atom. The second-order valence-electron chi connectivity index (χ2n) is 4.16. The van der Waals surface area contributed by atoms with E-state index in [1.54, 1.807) is 25.1 Å². The van der Waals surface area contributed by atoms with Crippen LogP contribution >= 0.6 is 0 Å². The molecular formula is C13H19N3O3S. The third kappa shape index (κ3) is 4.44. The van der Waals surface area contributed by atoms with Gasteiger partial charge in [0.25, 0.3) is 0 Å². The first-order valence-electron chi connectivity index (χ1n) is 6.06. The smallest absolute Gasteiger partial charge is 0.240 e. The Hall–Kier alpha value is -1.70. The fourth-order valence-electron chi connectivity index (χ4n) is 1.57. The molecule has 0 atom stereocenters. The molecule has 0 aliphatic rings. The minimum Gasteiger partial charge on any atom is -0.325 e. The number of nitrogens with one attached hydrogen (secondary N) is 3. The van der Waals surface area contributed by atoms with Crippen molar-refractivity contribution in [3.63, 3.8) is 0 Å². The molecule has 6 nitrogen and oxygen atoms in total. The zero-order chi connectivity index (χ0) is 15.2. The lowest BCUT2D eigenvalue weighted by molar-refractivity contribution is -0.115. The van der Waals surface area contributed by atoms with Crippen LogP contribution < -0.4 is 15.4 Å². The van der Waals surface area contributed by atoms with Gasteiger partial charge >= 0.3 is 0 Å². The number of sulfonamides is 1. The van der Waals surface area contributed by atoms with Gasteiger partial charge in [-0.2, -0.15) is 0 Å². The molecule has 110 valence electrons. The van der Waals surface area contributed by atoms with Crippen LogP contribution in [0.25, 0.3) is 0 Å². The van der Waals surface area contributed by atoms with Gasteiger partial charge in [0.05, 0.1) is 11.4 Å². The maximum absolute atomic E-state index is 11.8. The topological polar surface area (TPSA) is 87.3 Å². The normalized spacial score (nSPS) is 11.1. The van der Waals surface area contributed by atoms with Crippen molar-refractivity contribution in [2.24, 2.45) is 0 Å². The first-order valence-corrected chi connectivity index (χ1v) is 7.54. The number of carbonyl (C=O) groups is 1. The number of anilines is 1. The SMILES string of the molecule is C=CCNCC(=O)Nc1ccc(C)c(S(=O)(=O)NC)c1. The molecule has 0 heterocycles. The van der Waals surface area contributed by atoms with E-state index in [2.05, 4.69) is 21.9 Å². The number of hydrogen-bond acceptors (Lipinski definition) is 4. The minimum atomic E-state index is -3.54. The fourth-order valence-corrected chi connectivity index (χ4v) is 2.56. The van der Waals surface area contributed by atoms with Gasteiger partial charge in [-0.3, -0.25) is 4.79 Å². The van der Waals surface area contributed by atoms with Gasteiger partial charge in [-0.15, -0.1) is 6.58 Å². The number of amides is 1. The molecule has 1 aromatic carbocycles. The van der Waals surface area contributed by atoms with Crippen molar-refractivity contribution in [1.82, 2.24) is 10.0 Å². The van der Waals surface area contributed by atoms with E-state index in [-0.39, 0.29) is 17.3 Å². The molecule has 0 radical (unpaired) electrons. The van der Waals surface area contributed by atoms with Crippen molar-refractivity contribution in [2.45, 2.75) is 11.8 Å². The van der Waals surface area contributed by atoms with Gasteiger partial charge in [0.2, 0.25) is 15.9 Å². The number of carbonyl (C=O) groups excluding carboxylic acids is 1. The van der Waals surface area contributed by atoms with Crippen molar-refractivity contribution >= 4 is 21.6 Å². The summed E-state index contributed by atoms with van der Waals surface area (Å²) in [5.74, 6) is -0.247. The molecule has 1 amide bonds. The first-order chi connectivity index (χ1) is 9.40. The molecule has 20 heavy (non-hydrogen) atoms. The van der Waals surface area contributed by atoms with Gasteiger partial charge in [0, 0.05) is 12.2 Å². The minimum absolute atomic E-state index is 0.133. The Labute approximate surface area is 119 Å². The number of hydrogen-bond donors (Lipinski definition) is 3. The van der Waals surface area contributed by atoms with E-state index in [0.717, 1.165) is 0 Å². The lowest BCUT2D eigenvalue weighted by Crippen LogP contribution is -2.28. The maximum atomic E-state index is 11.8. The predicted octanol–water partition coefficient (Wildman–Crippen LogP) is 0.617. The van der Waals surface area contributed by atoms with E-state index in [1.807, 2.05) is 0 Å². The number of rotatable bonds is 7. The molecule has 0 fully saturated rings. The molecule has 1 aromatic rings. The Balaban J connectivity index is 2.86. The van der Waals surface area contributed by atoms with Crippen LogP contribution in [0.5, 0.6) is 0 Å². The molecule has 0 aromatic heterocycles. The summed E-state index contributed by atoms with van der Waals surface area (Å²) in [4.78, 5) is 11.8. The van der Waals surface area contributed by atoms with Gasteiger partial charge in [0.15, 0.2) is 0 Å². The zero-order valence-corrected chi connectivity index (χ0v) is 12.4. The molecule has 0 spiro atoms. The van der Waals surface area contributed by atoms with Gasteiger partial charge < -0.3 is 10.6 Å². The quantitative estimate of drug-likeness (QED) is 0.508. The van der Waals surface area contributed by atoms with Gasteiger partial charge in [0.1, 0.15) is 0 Å². The van der Waals surface area contributed by atoms with Crippen LogP contribution in [-0.4, -0.2) is 34.5 Å². The average Bonchev–Trinajstić information content (AvgIpc) is 2.41. The van der Waals surface area contributed by atoms with Crippen LogP contribution in [0, 0.1) is 6.92 Å². The fraction of sp³-hybridized carbons (Fsp3) is 0.308. The van der Waals surface area contributed by atoms with E-state index in [9.17, 15) is 13.2 Å². The molecule has 7 heteroatoms. The number of benzene rings is 1. The van der Waals surface area contributed by atoms with Crippen molar-refractivity contribution in [1.29, 1.82) is 0 Å². The van der Waals surface area contributed by atoms with Crippen LogP contribution in [0.2, 0.25) is 0 Å². The average molecular weight is 297 g/mol. The molecule has 1 rings (SSSR count). The van der Waals surface area contributed by atoms with Crippen molar-refractivity contribution in [3.05, 3.63) is 36.4 Å². The second kappa shape index (κ2) is 7.18. The standard InChI is InChI=1S/C13H19N3O3S/c1-4-7-15-9-13(17)16-11-6-5-10(2)12(8-11)20(18,19)14-3/h4-6,8,14-15H,1,7,9H2,2-3H3,(H,16,17). The van der Waals surface area contributed by atoms with E-state index >= 15 is 0 Å². The highest BCUT2D eigenvalue weighted by molar-refractivity contribution is 7.89. The summed E-state index contributed by atoms with van der Waals surface area (Å²) < 4.78 is 25.9. The highest BCUT2D eigenvalue weighted by atomic mass is 32.2. The van der Waals surface area contributed by atoms with E-state index in [1.165, 1.54) is 13.1 Å². The predicted molar refractivity (Wildman–Crippen MR) is 79.1 cm³/mol. The molecule has 0 aliphatic heterocycles. The maximum Gasteiger partial charge on any atom is 0.240 e. The zero-order valence-electron chi connectivity index (χ0n) is 11.6. The number of aryl methyl sites for hydroxylation is 1. The third-order valence-corrected chi connectivity index (χ3v) is 4.16. The van der Waals surface area contributed by atoms with Gasteiger partial charge in [-0.25, -0.2) is 13.1 Å². The van der Waals surface area contributed by atoms with Crippen LogP contribution in [0.1, 0.15) is 5.56 Å². The molecule has 3 N–H and O–H groups in total. The van der Waals surface area contributed by atoms with Crippen LogP contribution in [0.3, 0.4) is 0 Å². The highest BCUT2D eigenvalue weighted by Gasteiger charge is 2.15. The van der Waals surface area contributed by atoms with E-state index < -0.39 is 10.0 Å². The molecular weight excluding hydrogens is 278 g/mol. The Morgan fingerprint density at radius 3 is 2.70 bits per heavy atom. The summed E-state index contributed by atoms with van der Waals surface area (Å²) in [5, 5.41) is 5.50. The van der Waals surface area contributed by atoms with Gasteiger partial charge in [-0.1, -0.05) is 12.1 Å². The van der Waals surface area contributed by atoms with Crippen molar-refractivity contribution < 1.29 is 13.2 Å². The van der Waals surface area contributed by atoms with Crippen molar-refractivity contribution in [2.75, 3.05) is 25.5 Å².